The Hall–Kier alpha value is -1.20. The summed E-state index contributed by atoms with van der Waals surface area (Å²) in [5.41, 5.74) is 3.39. The van der Waals surface area contributed by atoms with Crippen molar-refractivity contribution in [2.24, 2.45) is 0 Å². The molecule has 0 aliphatic rings. The molecule has 3 aromatic rings. The van der Waals surface area contributed by atoms with E-state index in [1.54, 1.807) is 7.11 Å². The monoisotopic (exact) mass is 514 g/mol. The SMILES string of the molecule is COc1ccc(C#Cc2ccccc2-c2ccc(I)[te]2)cc1. The van der Waals surface area contributed by atoms with Crippen LogP contribution >= 0.6 is 22.6 Å². The molecule has 0 amide bonds. The second-order valence-corrected chi connectivity index (χ2v) is 11.2. The summed E-state index contributed by atoms with van der Waals surface area (Å²) in [6, 6.07) is 20.8. The van der Waals surface area contributed by atoms with E-state index in [1.165, 1.54) is 10.7 Å². The van der Waals surface area contributed by atoms with Crippen LogP contribution in [0.15, 0.2) is 60.7 Å². The molecular weight excluding hydrogens is 499 g/mol. The van der Waals surface area contributed by atoms with Crippen LogP contribution in [0.4, 0.5) is 0 Å². The molecule has 1 heterocycles. The Morgan fingerprint density at radius 1 is 0.909 bits per heavy atom. The van der Waals surface area contributed by atoms with Crippen molar-refractivity contribution in [2.45, 2.75) is 0 Å². The van der Waals surface area contributed by atoms with Gasteiger partial charge in [0.05, 0.1) is 0 Å². The number of halogens is 1. The molecule has 2 aromatic carbocycles. The molecule has 108 valence electrons. The van der Waals surface area contributed by atoms with Crippen LogP contribution in [0.2, 0.25) is 0 Å². The summed E-state index contributed by atoms with van der Waals surface area (Å²) in [4.78, 5) is 0. The predicted octanol–water partition coefficient (Wildman–Crippen LogP) is 4.42. The average molecular weight is 512 g/mol. The molecule has 0 aliphatic carbocycles. The molecule has 0 atom stereocenters. The molecule has 1 aromatic heterocycles. The van der Waals surface area contributed by atoms with Gasteiger partial charge < -0.3 is 0 Å². The van der Waals surface area contributed by atoms with Crippen LogP contribution in [0.25, 0.3) is 9.14 Å². The van der Waals surface area contributed by atoms with Gasteiger partial charge in [-0.1, -0.05) is 0 Å². The van der Waals surface area contributed by atoms with Gasteiger partial charge in [-0.15, -0.1) is 0 Å². The number of benzene rings is 2. The van der Waals surface area contributed by atoms with Gasteiger partial charge in [0, 0.05) is 0 Å². The first kappa shape index (κ1) is 15.7. The van der Waals surface area contributed by atoms with Crippen molar-refractivity contribution in [2.75, 3.05) is 7.11 Å². The third-order valence-corrected chi connectivity index (χ3v) is 7.62. The summed E-state index contributed by atoms with van der Waals surface area (Å²) < 4.78 is 8.13. The molecule has 3 rings (SSSR count). The van der Waals surface area contributed by atoms with Crippen LogP contribution in [0, 0.1) is 13.4 Å². The Balaban J connectivity index is 1.94. The topological polar surface area (TPSA) is 9.23 Å². The minimum atomic E-state index is -0.218. The summed E-state index contributed by atoms with van der Waals surface area (Å²) in [5, 5.41) is 0. The van der Waals surface area contributed by atoms with Crippen molar-refractivity contribution in [1.29, 1.82) is 0 Å². The predicted molar refractivity (Wildman–Crippen MR) is 101 cm³/mol. The van der Waals surface area contributed by atoms with Crippen LogP contribution in [0.3, 0.4) is 0 Å². The van der Waals surface area contributed by atoms with Crippen LogP contribution < -0.4 is 4.74 Å². The quantitative estimate of drug-likeness (QED) is 0.281. The Morgan fingerprint density at radius 3 is 2.36 bits per heavy atom. The molecule has 22 heavy (non-hydrogen) atoms. The number of rotatable bonds is 2. The van der Waals surface area contributed by atoms with Gasteiger partial charge >= 0.3 is 155 Å². The molecule has 0 spiro atoms. The fraction of sp³-hybridized carbons (Fsp3) is 0.0526. The molecule has 3 heteroatoms. The summed E-state index contributed by atoms with van der Waals surface area (Å²) in [6.07, 6.45) is 0. The van der Waals surface area contributed by atoms with Gasteiger partial charge in [0.2, 0.25) is 0 Å². The molecule has 0 N–H and O–H groups in total. The molecule has 0 radical (unpaired) electrons. The Labute approximate surface area is 154 Å². The molecular formula is C19H13IOTe. The Morgan fingerprint density at radius 2 is 1.68 bits per heavy atom. The summed E-state index contributed by atoms with van der Waals surface area (Å²) >= 11 is 2.22. The van der Waals surface area contributed by atoms with Crippen LogP contribution in [-0.4, -0.2) is 27.5 Å². The van der Waals surface area contributed by atoms with E-state index in [0.29, 0.717) is 0 Å². The van der Waals surface area contributed by atoms with E-state index in [-0.39, 0.29) is 20.4 Å². The van der Waals surface area contributed by atoms with Crippen molar-refractivity contribution in [3.63, 3.8) is 0 Å². The van der Waals surface area contributed by atoms with Gasteiger partial charge in [-0.3, -0.25) is 0 Å². The van der Waals surface area contributed by atoms with E-state index < -0.39 is 0 Å². The third-order valence-electron chi connectivity index (χ3n) is 3.20. The second-order valence-electron chi connectivity index (χ2n) is 4.63. The second kappa shape index (κ2) is 7.38. The van der Waals surface area contributed by atoms with Crippen LogP contribution in [-0.2, 0) is 0 Å². The van der Waals surface area contributed by atoms with E-state index in [4.69, 9.17) is 4.74 Å². The van der Waals surface area contributed by atoms with Gasteiger partial charge in [-0.2, -0.15) is 0 Å². The molecule has 0 aliphatic heterocycles. The van der Waals surface area contributed by atoms with E-state index in [1.807, 2.05) is 24.3 Å². The van der Waals surface area contributed by atoms with Crippen molar-refractivity contribution >= 4 is 43.0 Å². The van der Waals surface area contributed by atoms with Crippen molar-refractivity contribution in [3.8, 4) is 26.7 Å². The fourth-order valence-corrected chi connectivity index (χ4v) is 6.05. The molecule has 0 unspecified atom stereocenters. The van der Waals surface area contributed by atoms with Crippen molar-refractivity contribution in [3.05, 3.63) is 73.4 Å². The third kappa shape index (κ3) is 3.76. The van der Waals surface area contributed by atoms with Gasteiger partial charge in [0.25, 0.3) is 0 Å². The maximum absolute atomic E-state index is 5.17. The molecule has 1 nitrogen and oxygen atoms in total. The molecule has 0 saturated heterocycles. The maximum atomic E-state index is 5.17. The average Bonchev–Trinajstić information content (AvgIpc) is 3.00. The van der Waals surface area contributed by atoms with Gasteiger partial charge in [-0.25, -0.2) is 0 Å². The van der Waals surface area contributed by atoms with E-state index in [9.17, 15) is 0 Å². The van der Waals surface area contributed by atoms with E-state index >= 15 is 0 Å². The van der Waals surface area contributed by atoms with E-state index in [0.717, 1.165) is 16.9 Å². The van der Waals surface area contributed by atoms with Gasteiger partial charge in [-0.05, 0) is 0 Å². The standard InChI is InChI=1S/C19H13IOTe/c1-21-16-10-7-14(8-11-16)6-9-15-4-2-3-5-17(15)18-12-13-19(20)22-18/h2-5,7-8,10-13H,1H3. The first-order chi connectivity index (χ1) is 10.8. The molecule has 0 bridgehead atoms. The zero-order chi connectivity index (χ0) is 15.4. The number of hydrogen-bond donors (Lipinski definition) is 0. The number of hydrogen-bond acceptors (Lipinski definition) is 1. The first-order valence-electron chi connectivity index (χ1n) is 6.77. The zero-order valence-electron chi connectivity index (χ0n) is 12.0. The molecule has 0 saturated carbocycles. The summed E-state index contributed by atoms with van der Waals surface area (Å²) in [7, 11) is 1.67. The van der Waals surface area contributed by atoms with Gasteiger partial charge in [0.15, 0.2) is 0 Å². The summed E-state index contributed by atoms with van der Waals surface area (Å²) in [6.45, 7) is 0. The van der Waals surface area contributed by atoms with E-state index in [2.05, 4.69) is 70.8 Å². The minimum absolute atomic E-state index is 0.218. The van der Waals surface area contributed by atoms with Crippen molar-refractivity contribution in [1.82, 2.24) is 0 Å². The Kier molecular flexibility index (Phi) is 5.26. The van der Waals surface area contributed by atoms with Gasteiger partial charge in [0.1, 0.15) is 0 Å². The fourth-order valence-electron chi connectivity index (χ4n) is 2.08. The molecule has 0 fully saturated rings. The normalized spacial score (nSPS) is 9.91. The first-order valence-corrected chi connectivity index (χ1v) is 10.2. The van der Waals surface area contributed by atoms with Crippen molar-refractivity contribution < 1.29 is 4.74 Å². The number of ether oxygens (including phenoxy) is 1. The Bertz CT molecular complexity index is 838. The summed E-state index contributed by atoms with van der Waals surface area (Å²) in [5.74, 6) is 7.43. The van der Waals surface area contributed by atoms with Crippen LogP contribution in [0.5, 0.6) is 5.75 Å². The number of methoxy groups -OCH3 is 1. The zero-order valence-corrected chi connectivity index (χ0v) is 16.5. The van der Waals surface area contributed by atoms with Crippen LogP contribution in [0.1, 0.15) is 11.1 Å².